The van der Waals surface area contributed by atoms with E-state index in [9.17, 15) is 0 Å². The molecular weight excluding hydrogens is 340 g/mol. The molecule has 2 aromatic carbocycles. The van der Waals surface area contributed by atoms with Gasteiger partial charge in [0.2, 0.25) is 0 Å². The Labute approximate surface area is 171 Å². The Morgan fingerprint density at radius 3 is 2.68 bits per heavy atom. The molecule has 0 aliphatic heterocycles. The van der Waals surface area contributed by atoms with Crippen molar-refractivity contribution in [2.45, 2.75) is 65.2 Å². The lowest BCUT2D eigenvalue weighted by Crippen LogP contribution is -2.19. The zero-order valence-electron chi connectivity index (χ0n) is 18.2. The molecule has 0 saturated carbocycles. The normalized spacial score (nSPS) is 19.8. The monoisotopic (exact) mass is 376 g/mol. The van der Waals surface area contributed by atoms with Gasteiger partial charge in [0.25, 0.3) is 0 Å². The standard InChI is InChI=1S/C26H36N2/c1-7-22(23-12-13-25(28-6)26(27)18(23)5)21-11-9-19-8-10-20(14-16(2)3)17(4)24(19)15-21/h9,11-13,15,17,20,22,28H,2,7-8,10,14,27H2,1,3-6H3. The van der Waals surface area contributed by atoms with Crippen molar-refractivity contribution in [2.75, 3.05) is 18.1 Å². The highest BCUT2D eigenvalue weighted by Gasteiger charge is 2.27. The van der Waals surface area contributed by atoms with Gasteiger partial charge in [-0.25, -0.2) is 0 Å². The lowest BCUT2D eigenvalue weighted by atomic mass is 9.72. The fourth-order valence-electron chi connectivity index (χ4n) is 5.03. The highest BCUT2D eigenvalue weighted by atomic mass is 14.8. The third-order valence-electron chi connectivity index (χ3n) is 6.77. The van der Waals surface area contributed by atoms with Crippen molar-refractivity contribution in [2.24, 2.45) is 5.92 Å². The van der Waals surface area contributed by atoms with E-state index in [2.05, 4.69) is 69.9 Å². The van der Waals surface area contributed by atoms with Gasteiger partial charge in [0, 0.05) is 13.0 Å². The van der Waals surface area contributed by atoms with Gasteiger partial charge in [-0.05, 0) is 85.3 Å². The number of hydrogen-bond donors (Lipinski definition) is 2. The Hall–Kier alpha value is -2.22. The molecule has 2 heteroatoms. The zero-order chi connectivity index (χ0) is 20.4. The van der Waals surface area contributed by atoms with Crippen LogP contribution in [0.5, 0.6) is 0 Å². The van der Waals surface area contributed by atoms with Crippen LogP contribution >= 0.6 is 0 Å². The molecule has 0 spiro atoms. The zero-order valence-corrected chi connectivity index (χ0v) is 18.2. The summed E-state index contributed by atoms with van der Waals surface area (Å²) in [5.41, 5.74) is 16.6. The fourth-order valence-corrected chi connectivity index (χ4v) is 5.03. The maximum absolute atomic E-state index is 6.39. The summed E-state index contributed by atoms with van der Waals surface area (Å²) in [7, 11) is 1.92. The summed E-state index contributed by atoms with van der Waals surface area (Å²) in [4.78, 5) is 0. The number of fused-ring (bicyclic) bond motifs is 1. The van der Waals surface area contributed by atoms with Crippen LogP contribution in [0.4, 0.5) is 11.4 Å². The predicted molar refractivity (Wildman–Crippen MR) is 123 cm³/mol. The van der Waals surface area contributed by atoms with Crippen molar-refractivity contribution in [3.8, 4) is 0 Å². The highest BCUT2D eigenvalue weighted by Crippen LogP contribution is 2.42. The third-order valence-corrected chi connectivity index (χ3v) is 6.77. The molecule has 0 bridgehead atoms. The first kappa shape index (κ1) is 20.5. The van der Waals surface area contributed by atoms with Crippen LogP contribution in [0.15, 0.2) is 42.5 Å². The summed E-state index contributed by atoms with van der Waals surface area (Å²) in [6.45, 7) is 13.1. The van der Waals surface area contributed by atoms with E-state index in [-0.39, 0.29) is 0 Å². The molecule has 2 nitrogen and oxygen atoms in total. The number of aryl methyl sites for hydroxylation is 1. The van der Waals surface area contributed by atoms with E-state index in [0.29, 0.717) is 17.8 Å². The molecule has 0 saturated heterocycles. The average Bonchev–Trinajstić information content (AvgIpc) is 2.68. The van der Waals surface area contributed by atoms with E-state index in [4.69, 9.17) is 5.73 Å². The molecular formula is C26H36N2. The summed E-state index contributed by atoms with van der Waals surface area (Å²) in [5, 5.41) is 3.19. The minimum atomic E-state index is 0.382. The molecule has 1 aliphatic carbocycles. The number of benzene rings is 2. The molecule has 3 unspecified atom stereocenters. The topological polar surface area (TPSA) is 38.0 Å². The van der Waals surface area contributed by atoms with Crippen LogP contribution in [-0.4, -0.2) is 7.05 Å². The second-order valence-corrected chi connectivity index (χ2v) is 8.66. The van der Waals surface area contributed by atoms with E-state index in [1.54, 1.807) is 5.56 Å². The van der Waals surface area contributed by atoms with Crippen molar-refractivity contribution in [3.63, 3.8) is 0 Å². The quantitative estimate of drug-likeness (QED) is 0.430. The number of hydrogen-bond acceptors (Lipinski definition) is 2. The first-order valence-electron chi connectivity index (χ1n) is 10.7. The van der Waals surface area contributed by atoms with Crippen LogP contribution in [0.1, 0.15) is 79.7 Å². The second kappa shape index (κ2) is 8.43. The molecule has 0 radical (unpaired) electrons. The predicted octanol–water partition coefficient (Wildman–Crippen LogP) is 6.79. The Bertz CT molecular complexity index is 865. The summed E-state index contributed by atoms with van der Waals surface area (Å²) in [6, 6.07) is 11.6. The molecule has 0 heterocycles. The molecule has 150 valence electrons. The Balaban J connectivity index is 1.99. The van der Waals surface area contributed by atoms with Gasteiger partial charge in [-0.15, -0.1) is 6.58 Å². The molecule has 0 amide bonds. The van der Waals surface area contributed by atoms with Gasteiger partial charge in [0.1, 0.15) is 0 Å². The fraction of sp³-hybridized carbons (Fsp3) is 0.462. The maximum Gasteiger partial charge on any atom is 0.0582 e. The molecule has 0 fully saturated rings. The summed E-state index contributed by atoms with van der Waals surface area (Å²) < 4.78 is 0. The first-order valence-corrected chi connectivity index (χ1v) is 10.7. The van der Waals surface area contributed by atoms with Gasteiger partial charge < -0.3 is 11.1 Å². The van der Waals surface area contributed by atoms with Gasteiger partial charge in [-0.3, -0.25) is 0 Å². The van der Waals surface area contributed by atoms with Crippen molar-refractivity contribution in [1.82, 2.24) is 0 Å². The summed E-state index contributed by atoms with van der Waals surface area (Å²) in [5.74, 6) is 1.69. The van der Waals surface area contributed by atoms with Gasteiger partial charge in [-0.2, -0.15) is 0 Å². The Kier molecular flexibility index (Phi) is 6.17. The van der Waals surface area contributed by atoms with Crippen LogP contribution in [0.3, 0.4) is 0 Å². The van der Waals surface area contributed by atoms with Crippen molar-refractivity contribution in [1.29, 1.82) is 0 Å². The number of nitrogen functional groups attached to an aromatic ring is 1. The number of nitrogens with one attached hydrogen (secondary N) is 1. The molecule has 3 atom stereocenters. The maximum atomic E-state index is 6.39. The molecule has 1 aliphatic rings. The number of allylic oxidation sites excluding steroid dienone is 1. The van der Waals surface area contributed by atoms with Crippen LogP contribution < -0.4 is 11.1 Å². The van der Waals surface area contributed by atoms with E-state index >= 15 is 0 Å². The minimum Gasteiger partial charge on any atom is -0.397 e. The van der Waals surface area contributed by atoms with Crippen molar-refractivity contribution < 1.29 is 0 Å². The lowest BCUT2D eigenvalue weighted by Gasteiger charge is -2.33. The van der Waals surface area contributed by atoms with Gasteiger partial charge in [0.15, 0.2) is 0 Å². The minimum absolute atomic E-state index is 0.382. The highest BCUT2D eigenvalue weighted by molar-refractivity contribution is 5.71. The van der Waals surface area contributed by atoms with Crippen LogP contribution in [-0.2, 0) is 6.42 Å². The van der Waals surface area contributed by atoms with Gasteiger partial charge >= 0.3 is 0 Å². The van der Waals surface area contributed by atoms with E-state index in [1.165, 1.54) is 40.7 Å². The second-order valence-electron chi connectivity index (χ2n) is 8.66. The average molecular weight is 377 g/mol. The smallest absolute Gasteiger partial charge is 0.0582 e. The van der Waals surface area contributed by atoms with Crippen molar-refractivity contribution >= 4 is 11.4 Å². The van der Waals surface area contributed by atoms with E-state index < -0.39 is 0 Å². The Morgan fingerprint density at radius 1 is 1.29 bits per heavy atom. The number of nitrogens with two attached hydrogens (primary N) is 1. The summed E-state index contributed by atoms with van der Waals surface area (Å²) >= 11 is 0. The molecule has 0 aromatic heterocycles. The third kappa shape index (κ3) is 3.83. The Morgan fingerprint density at radius 2 is 2.04 bits per heavy atom. The molecule has 2 aromatic rings. The van der Waals surface area contributed by atoms with Crippen molar-refractivity contribution in [3.05, 3.63) is 70.3 Å². The number of anilines is 2. The largest absolute Gasteiger partial charge is 0.397 e. The number of rotatable bonds is 6. The summed E-state index contributed by atoms with van der Waals surface area (Å²) in [6.07, 6.45) is 4.68. The molecule has 3 N–H and O–H groups in total. The van der Waals surface area contributed by atoms with E-state index in [0.717, 1.165) is 24.2 Å². The SMILES string of the molecule is C=C(C)CC1CCc2ccc(C(CC)c3ccc(NC)c(N)c3C)cc2C1C. The lowest BCUT2D eigenvalue weighted by molar-refractivity contribution is 0.388. The molecule has 3 rings (SSSR count). The van der Waals surface area contributed by atoms with Crippen LogP contribution in [0.25, 0.3) is 0 Å². The van der Waals surface area contributed by atoms with Crippen LogP contribution in [0, 0.1) is 12.8 Å². The van der Waals surface area contributed by atoms with Gasteiger partial charge in [-0.1, -0.05) is 43.7 Å². The molecule has 28 heavy (non-hydrogen) atoms. The van der Waals surface area contributed by atoms with E-state index in [1.807, 2.05) is 7.05 Å². The van der Waals surface area contributed by atoms with Crippen LogP contribution in [0.2, 0.25) is 0 Å². The first-order chi connectivity index (χ1) is 13.4. The van der Waals surface area contributed by atoms with Gasteiger partial charge in [0.05, 0.1) is 11.4 Å².